The minimum atomic E-state index is -0.868. The molecule has 110 valence electrons. The number of nitrogens with one attached hydrogen (secondary N) is 1. The molecule has 2 amide bonds. The third kappa shape index (κ3) is 2.30. The van der Waals surface area contributed by atoms with E-state index in [9.17, 15) is 9.59 Å². The lowest BCUT2D eigenvalue weighted by atomic mass is 9.89. The lowest BCUT2D eigenvalue weighted by Crippen LogP contribution is -2.71. The lowest BCUT2D eigenvalue weighted by molar-refractivity contribution is -0.160. The van der Waals surface area contributed by atoms with Gasteiger partial charge in [0, 0.05) is 24.8 Å². The highest BCUT2D eigenvalue weighted by atomic mass is 16.2. The van der Waals surface area contributed by atoms with Crippen molar-refractivity contribution in [2.45, 2.75) is 58.8 Å². The number of aryl methyl sites for hydroxylation is 1. The maximum Gasteiger partial charge on any atom is 0.248 e. The molecule has 20 heavy (non-hydrogen) atoms. The predicted octanol–water partition coefficient (Wildman–Crippen LogP) is 0.919. The molecule has 1 aromatic rings. The van der Waals surface area contributed by atoms with Gasteiger partial charge < -0.3 is 10.2 Å². The maximum atomic E-state index is 12.6. The smallest absolute Gasteiger partial charge is 0.248 e. The summed E-state index contributed by atoms with van der Waals surface area (Å²) in [5.41, 5.74) is -0.798. The van der Waals surface area contributed by atoms with Crippen LogP contribution in [0.4, 0.5) is 0 Å². The van der Waals surface area contributed by atoms with Crippen LogP contribution in [0.2, 0.25) is 0 Å². The predicted molar refractivity (Wildman–Crippen MR) is 74.8 cm³/mol. The molecule has 1 aliphatic heterocycles. The van der Waals surface area contributed by atoms with Gasteiger partial charge in [0.1, 0.15) is 11.1 Å². The van der Waals surface area contributed by atoms with Gasteiger partial charge in [0.2, 0.25) is 11.8 Å². The molecule has 1 N–H and O–H groups in total. The van der Waals surface area contributed by atoms with Gasteiger partial charge in [0.15, 0.2) is 0 Å². The van der Waals surface area contributed by atoms with E-state index in [-0.39, 0.29) is 11.8 Å². The summed E-state index contributed by atoms with van der Waals surface area (Å²) < 4.78 is 1.81. The summed E-state index contributed by atoms with van der Waals surface area (Å²) in [4.78, 5) is 26.4. The van der Waals surface area contributed by atoms with Crippen molar-refractivity contribution in [3.63, 3.8) is 0 Å². The van der Waals surface area contributed by atoms with E-state index in [1.165, 1.54) is 0 Å². The zero-order valence-electron chi connectivity index (χ0n) is 12.7. The molecule has 0 unspecified atom stereocenters. The van der Waals surface area contributed by atoms with Crippen LogP contribution in [0.15, 0.2) is 12.4 Å². The zero-order valence-corrected chi connectivity index (χ0v) is 12.7. The second kappa shape index (κ2) is 4.61. The largest absolute Gasteiger partial charge is 0.340 e. The lowest BCUT2D eigenvalue weighted by Gasteiger charge is -2.47. The first-order chi connectivity index (χ1) is 9.18. The summed E-state index contributed by atoms with van der Waals surface area (Å²) >= 11 is 0. The van der Waals surface area contributed by atoms with Gasteiger partial charge in [-0.2, -0.15) is 5.10 Å². The zero-order chi connectivity index (χ0) is 15.1. The van der Waals surface area contributed by atoms with Gasteiger partial charge in [-0.25, -0.2) is 0 Å². The Hall–Kier alpha value is -1.85. The minimum absolute atomic E-state index is 0.0775. The van der Waals surface area contributed by atoms with E-state index in [0.29, 0.717) is 6.54 Å². The van der Waals surface area contributed by atoms with Gasteiger partial charge in [0.05, 0.1) is 6.20 Å². The number of carbonyl (C=O) groups is 2. The van der Waals surface area contributed by atoms with Crippen molar-refractivity contribution in [2.75, 3.05) is 0 Å². The van der Waals surface area contributed by atoms with Crippen molar-refractivity contribution >= 4 is 11.8 Å². The van der Waals surface area contributed by atoms with Crippen LogP contribution in [-0.4, -0.2) is 37.6 Å². The summed E-state index contributed by atoms with van der Waals surface area (Å²) in [5, 5.41) is 6.98. The number of aromatic nitrogens is 2. The Morgan fingerprint density at radius 1 is 1.25 bits per heavy atom. The van der Waals surface area contributed by atoms with Gasteiger partial charge in [-0.3, -0.25) is 14.3 Å². The van der Waals surface area contributed by atoms with E-state index >= 15 is 0 Å². The monoisotopic (exact) mass is 278 g/mol. The van der Waals surface area contributed by atoms with E-state index in [4.69, 9.17) is 0 Å². The number of hydrogen-bond donors (Lipinski definition) is 1. The first-order valence-electron chi connectivity index (χ1n) is 6.84. The molecule has 0 spiro atoms. The van der Waals surface area contributed by atoms with E-state index < -0.39 is 11.1 Å². The molecule has 1 aromatic heterocycles. The number of rotatable bonds is 3. The van der Waals surface area contributed by atoms with Crippen LogP contribution in [0.5, 0.6) is 0 Å². The molecule has 0 aliphatic carbocycles. The summed E-state index contributed by atoms with van der Waals surface area (Å²) in [7, 11) is 0. The Morgan fingerprint density at radius 3 is 2.45 bits per heavy atom. The van der Waals surface area contributed by atoms with E-state index in [2.05, 4.69) is 10.4 Å². The maximum absolute atomic E-state index is 12.6. The fourth-order valence-electron chi connectivity index (χ4n) is 2.32. The van der Waals surface area contributed by atoms with Crippen molar-refractivity contribution in [3.05, 3.63) is 18.0 Å². The van der Waals surface area contributed by atoms with Crippen LogP contribution in [0.1, 0.15) is 40.2 Å². The molecule has 1 saturated heterocycles. The second-order valence-corrected chi connectivity index (χ2v) is 6.23. The molecule has 1 fully saturated rings. The summed E-state index contributed by atoms with van der Waals surface area (Å²) in [6.45, 7) is 10.2. The molecule has 0 aromatic carbocycles. The van der Waals surface area contributed by atoms with E-state index in [1.54, 1.807) is 38.8 Å². The van der Waals surface area contributed by atoms with Crippen LogP contribution >= 0.6 is 0 Å². The Bertz CT molecular complexity index is 545. The van der Waals surface area contributed by atoms with E-state index in [0.717, 1.165) is 12.1 Å². The molecule has 6 heteroatoms. The second-order valence-electron chi connectivity index (χ2n) is 6.23. The van der Waals surface area contributed by atoms with Crippen LogP contribution < -0.4 is 5.32 Å². The first-order valence-corrected chi connectivity index (χ1v) is 6.84. The van der Waals surface area contributed by atoms with Gasteiger partial charge in [-0.1, -0.05) is 0 Å². The first kappa shape index (κ1) is 14.6. The Kier molecular flexibility index (Phi) is 3.36. The van der Waals surface area contributed by atoms with Crippen LogP contribution in [0, 0.1) is 0 Å². The van der Waals surface area contributed by atoms with Gasteiger partial charge in [0.25, 0.3) is 0 Å². The summed E-state index contributed by atoms with van der Waals surface area (Å²) in [6.07, 6.45) is 3.65. The Morgan fingerprint density at radius 2 is 1.90 bits per heavy atom. The third-order valence-electron chi connectivity index (χ3n) is 3.79. The van der Waals surface area contributed by atoms with Crippen molar-refractivity contribution in [1.29, 1.82) is 0 Å². The highest BCUT2D eigenvalue weighted by Crippen LogP contribution is 2.27. The molecule has 2 heterocycles. The highest BCUT2D eigenvalue weighted by Gasteiger charge is 2.49. The van der Waals surface area contributed by atoms with Crippen LogP contribution in [0.3, 0.4) is 0 Å². The van der Waals surface area contributed by atoms with Gasteiger partial charge >= 0.3 is 0 Å². The van der Waals surface area contributed by atoms with Crippen LogP contribution in [-0.2, 0) is 22.7 Å². The number of piperazine rings is 1. The molecule has 0 bridgehead atoms. The average molecular weight is 278 g/mol. The summed E-state index contributed by atoms with van der Waals surface area (Å²) in [6, 6.07) is 0. The molecular formula is C14H22N4O2. The fourth-order valence-corrected chi connectivity index (χ4v) is 2.32. The molecule has 0 atom stereocenters. The van der Waals surface area contributed by atoms with Gasteiger partial charge in [-0.05, 0) is 34.6 Å². The molecule has 0 radical (unpaired) electrons. The number of amides is 2. The Balaban J connectivity index is 2.30. The molecule has 1 aliphatic rings. The topological polar surface area (TPSA) is 67.2 Å². The highest BCUT2D eigenvalue weighted by molar-refractivity contribution is 6.01. The van der Waals surface area contributed by atoms with Crippen LogP contribution in [0.25, 0.3) is 0 Å². The average Bonchev–Trinajstić information content (AvgIpc) is 2.80. The van der Waals surface area contributed by atoms with Crippen molar-refractivity contribution in [2.24, 2.45) is 0 Å². The molecule has 2 rings (SSSR count). The molecule has 6 nitrogen and oxygen atoms in total. The minimum Gasteiger partial charge on any atom is -0.340 e. The standard InChI is InChI=1S/C14H22N4O2/c1-6-17-8-10(7-15-17)9-18-12(20)13(2,3)16-11(19)14(18,4)5/h7-8H,6,9H2,1-5H3,(H,16,19). The Labute approximate surface area is 119 Å². The SMILES string of the molecule is CCn1cc(CN2C(=O)C(C)(C)NC(=O)C2(C)C)cn1. The molecular weight excluding hydrogens is 256 g/mol. The summed E-state index contributed by atoms with van der Waals surface area (Å²) in [5.74, 6) is -0.212. The fraction of sp³-hybridized carbons (Fsp3) is 0.643. The van der Waals surface area contributed by atoms with Crippen molar-refractivity contribution in [1.82, 2.24) is 20.0 Å². The van der Waals surface area contributed by atoms with Gasteiger partial charge in [-0.15, -0.1) is 0 Å². The normalized spacial score (nSPS) is 20.9. The number of nitrogens with zero attached hydrogens (tertiary/aromatic N) is 3. The van der Waals surface area contributed by atoms with E-state index in [1.807, 2.05) is 17.8 Å². The molecule has 0 saturated carbocycles. The van der Waals surface area contributed by atoms with Crippen molar-refractivity contribution in [3.8, 4) is 0 Å². The quantitative estimate of drug-likeness (QED) is 0.894. The number of hydrogen-bond acceptors (Lipinski definition) is 3. The van der Waals surface area contributed by atoms with Crippen molar-refractivity contribution < 1.29 is 9.59 Å². The number of carbonyl (C=O) groups excluding carboxylic acids is 2. The third-order valence-corrected chi connectivity index (χ3v) is 3.79.